The molecule has 2 amide bonds. The number of carbonyl (C=O) groups is 3. The number of anilines is 1. The molecule has 0 aromatic heterocycles. The number of primary amides is 1. The number of halogens is 1. The van der Waals surface area contributed by atoms with Crippen molar-refractivity contribution >= 4 is 23.5 Å². The molecule has 0 spiro atoms. The molecule has 0 fully saturated rings. The van der Waals surface area contributed by atoms with Gasteiger partial charge in [0.25, 0.3) is 0 Å². The van der Waals surface area contributed by atoms with E-state index in [-0.39, 0.29) is 28.8 Å². The maximum absolute atomic E-state index is 13.3. The van der Waals surface area contributed by atoms with Crippen LogP contribution in [0.2, 0.25) is 0 Å². The summed E-state index contributed by atoms with van der Waals surface area (Å²) in [7, 11) is 0. The van der Waals surface area contributed by atoms with E-state index in [2.05, 4.69) is 0 Å². The molecular formula is C22H21FN2O5. The Labute approximate surface area is 172 Å². The molecule has 2 atom stereocenters. The standard InChI is InChI=1S/C22H21FN2O5/c1-11-7-19(16(12(2)26)8-15(11)21(24)28)25-10-18(22(29)30)17(9-20(25)27)13-3-5-14(23)6-4-13/h3-8,10,12,17,26H,9H2,1-2H3,(H2,24,28)(H,29,30). The Hall–Kier alpha value is -3.52. The van der Waals surface area contributed by atoms with Crippen molar-refractivity contribution in [3.8, 4) is 0 Å². The van der Waals surface area contributed by atoms with Gasteiger partial charge in [0.05, 0.1) is 17.4 Å². The maximum Gasteiger partial charge on any atom is 0.333 e. The normalized spacial score (nSPS) is 17.5. The number of carboxylic acids is 1. The van der Waals surface area contributed by atoms with Gasteiger partial charge in [-0.15, -0.1) is 0 Å². The van der Waals surface area contributed by atoms with E-state index in [9.17, 15) is 29.0 Å². The number of hydrogen-bond donors (Lipinski definition) is 3. The van der Waals surface area contributed by atoms with Gasteiger partial charge in [0, 0.05) is 29.7 Å². The number of amides is 2. The summed E-state index contributed by atoms with van der Waals surface area (Å²) in [5, 5.41) is 19.9. The van der Waals surface area contributed by atoms with Crippen molar-refractivity contribution in [2.75, 3.05) is 4.90 Å². The second-order valence-corrected chi connectivity index (χ2v) is 7.23. The predicted molar refractivity (Wildman–Crippen MR) is 107 cm³/mol. The van der Waals surface area contributed by atoms with Gasteiger partial charge in [-0.05, 0) is 49.2 Å². The number of aliphatic carboxylic acids is 1. The van der Waals surface area contributed by atoms with E-state index >= 15 is 0 Å². The van der Waals surface area contributed by atoms with Crippen LogP contribution in [-0.2, 0) is 9.59 Å². The zero-order valence-electron chi connectivity index (χ0n) is 16.4. The third kappa shape index (κ3) is 3.95. The molecule has 7 nitrogen and oxygen atoms in total. The van der Waals surface area contributed by atoms with Crippen LogP contribution in [0.4, 0.5) is 10.1 Å². The summed E-state index contributed by atoms with van der Waals surface area (Å²) in [5.41, 5.74) is 7.06. The van der Waals surface area contributed by atoms with Gasteiger partial charge in [0.1, 0.15) is 5.82 Å². The van der Waals surface area contributed by atoms with E-state index < -0.39 is 35.6 Å². The fourth-order valence-electron chi connectivity index (χ4n) is 3.60. The fourth-order valence-corrected chi connectivity index (χ4v) is 3.60. The van der Waals surface area contributed by atoms with E-state index in [4.69, 9.17) is 5.73 Å². The van der Waals surface area contributed by atoms with Crippen LogP contribution in [0.5, 0.6) is 0 Å². The molecule has 156 valence electrons. The molecule has 0 saturated carbocycles. The van der Waals surface area contributed by atoms with Gasteiger partial charge in [0.2, 0.25) is 11.8 Å². The highest BCUT2D eigenvalue weighted by Crippen LogP contribution is 2.38. The van der Waals surface area contributed by atoms with Crippen LogP contribution in [0.1, 0.15) is 52.4 Å². The van der Waals surface area contributed by atoms with Crippen molar-refractivity contribution in [2.24, 2.45) is 5.73 Å². The molecule has 0 saturated heterocycles. The first-order valence-corrected chi connectivity index (χ1v) is 9.25. The maximum atomic E-state index is 13.3. The molecule has 3 rings (SSSR count). The average molecular weight is 412 g/mol. The Kier molecular flexibility index (Phi) is 5.71. The zero-order chi connectivity index (χ0) is 22.2. The van der Waals surface area contributed by atoms with Crippen LogP contribution in [-0.4, -0.2) is 28.0 Å². The minimum absolute atomic E-state index is 0.0469. The fraction of sp³-hybridized carbons (Fsp3) is 0.227. The molecule has 8 heteroatoms. The van der Waals surface area contributed by atoms with Gasteiger partial charge >= 0.3 is 5.97 Å². The Bertz CT molecular complexity index is 1060. The van der Waals surface area contributed by atoms with Crippen molar-refractivity contribution in [3.63, 3.8) is 0 Å². The summed E-state index contributed by atoms with van der Waals surface area (Å²) in [4.78, 5) is 37.7. The highest BCUT2D eigenvalue weighted by molar-refractivity contribution is 6.03. The van der Waals surface area contributed by atoms with Crippen molar-refractivity contribution in [3.05, 3.63) is 76.2 Å². The van der Waals surface area contributed by atoms with Gasteiger partial charge in [0.15, 0.2) is 0 Å². The lowest BCUT2D eigenvalue weighted by atomic mass is 9.85. The summed E-state index contributed by atoms with van der Waals surface area (Å²) < 4.78 is 13.3. The molecule has 0 bridgehead atoms. The highest BCUT2D eigenvalue weighted by Gasteiger charge is 2.34. The first-order chi connectivity index (χ1) is 14.1. The third-order valence-electron chi connectivity index (χ3n) is 5.16. The van der Waals surface area contributed by atoms with Crippen molar-refractivity contribution < 1.29 is 29.0 Å². The number of aliphatic hydroxyl groups is 1. The lowest BCUT2D eigenvalue weighted by Crippen LogP contribution is -2.35. The monoisotopic (exact) mass is 412 g/mol. The van der Waals surface area contributed by atoms with E-state index in [0.717, 1.165) is 0 Å². The summed E-state index contributed by atoms with van der Waals surface area (Å²) in [5.74, 6) is -3.50. The Morgan fingerprint density at radius 1 is 1.23 bits per heavy atom. The van der Waals surface area contributed by atoms with E-state index in [1.54, 1.807) is 6.92 Å². The Morgan fingerprint density at radius 2 is 1.87 bits per heavy atom. The lowest BCUT2D eigenvalue weighted by molar-refractivity contribution is -0.133. The number of aryl methyl sites for hydroxylation is 1. The van der Waals surface area contributed by atoms with Gasteiger partial charge in [-0.1, -0.05) is 12.1 Å². The minimum atomic E-state index is -1.22. The minimum Gasteiger partial charge on any atom is -0.478 e. The van der Waals surface area contributed by atoms with Gasteiger partial charge in [-0.2, -0.15) is 0 Å². The van der Waals surface area contributed by atoms with Crippen LogP contribution in [0.3, 0.4) is 0 Å². The second-order valence-electron chi connectivity index (χ2n) is 7.23. The quantitative estimate of drug-likeness (QED) is 0.697. The average Bonchev–Trinajstić information content (AvgIpc) is 2.67. The van der Waals surface area contributed by atoms with Crippen molar-refractivity contribution in [1.29, 1.82) is 0 Å². The number of carbonyl (C=O) groups excluding carboxylic acids is 2. The van der Waals surface area contributed by atoms with Crippen LogP contribution in [0.15, 0.2) is 48.2 Å². The molecule has 0 aliphatic carbocycles. The molecule has 1 aliphatic rings. The molecule has 0 radical (unpaired) electrons. The molecular weight excluding hydrogens is 391 g/mol. The van der Waals surface area contributed by atoms with Crippen LogP contribution < -0.4 is 10.6 Å². The van der Waals surface area contributed by atoms with Gasteiger partial charge < -0.3 is 15.9 Å². The third-order valence-corrected chi connectivity index (χ3v) is 5.16. The number of carboxylic acid groups (broad SMARTS) is 1. The zero-order valence-corrected chi connectivity index (χ0v) is 16.4. The molecule has 2 aromatic rings. The first kappa shape index (κ1) is 21.2. The lowest BCUT2D eigenvalue weighted by Gasteiger charge is -2.31. The second kappa shape index (κ2) is 8.08. The Morgan fingerprint density at radius 3 is 2.40 bits per heavy atom. The van der Waals surface area contributed by atoms with Crippen molar-refractivity contribution in [1.82, 2.24) is 0 Å². The highest BCUT2D eigenvalue weighted by atomic mass is 19.1. The molecule has 2 aromatic carbocycles. The number of rotatable bonds is 5. The summed E-state index contributed by atoms with van der Waals surface area (Å²) in [6, 6.07) is 8.26. The molecule has 2 unspecified atom stereocenters. The first-order valence-electron chi connectivity index (χ1n) is 9.25. The SMILES string of the molecule is Cc1cc(N2C=C(C(=O)O)C(c3ccc(F)cc3)CC2=O)c(C(C)O)cc1C(N)=O. The van der Waals surface area contributed by atoms with Crippen LogP contribution >= 0.6 is 0 Å². The Balaban J connectivity index is 2.14. The van der Waals surface area contributed by atoms with Gasteiger partial charge in [-0.3, -0.25) is 14.5 Å². The molecule has 4 N–H and O–H groups in total. The number of aliphatic hydroxyl groups excluding tert-OH is 1. The number of nitrogens with two attached hydrogens (primary N) is 1. The van der Waals surface area contributed by atoms with Crippen LogP contribution in [0.25, 0.3) is 0 Å². The molecule has 30 heavy (non-hydrogen) atoms. The molecule has 1 heterocycles. The molecule has 1 aliphatic heterocycles. The van der Waals surface area contributed by atoms with E-state index in [0.29, 0.717) is 11.1 Å². The van der Waals surface area contributed by atoms with Crippen molar-refractivity contribution in [2.45, 2.75) is 32.3 Å². The summed E-state index contributed by atoms with van der Waals surface area (Å²) in [6.07, 6.45) is 0.0230. The number of benzene rings is 2. The van der Waals surface area contributed by atoms with E-state index in [1.807, 2.05) is 0 Å². The van der Waals surface area contributed by atoms with Crippen LogP contribution in [0, 0.1) is 12.7 Å². The van der Waals surface area contributed by atoms with E-state index in [1.165, 1.54) is 54.4 Å². The topological polar surface area (TPSA) is 121 Å². The number of nitrogens with zero attached hydrogens (tertiary/aromatic N) is 1. The smallest absolute Gasteiger partial charge is 0.333 e. The number of hydrogen-bond acceptors (Lipinski definition) is 4. The summed E-state index contributed by atoms with van der Waals surface area (Å²) in [6.45, 7) is 3.10. The predicted octanol–water partition coefficient (Wildman–Crippen LogP) is 2.78. The summed E-state index contributed by atoms with van der Waals surface area (Å²) >= 11 is 0. The van der Waals surface area contributed by atoms with Gasteiger partial charge in [-0.25, -0.2) is 9.18 Å². The largest absolute Gasteiger partial charge is 0.478 e.